The summed E-state index contributed by atoms with van der Waals surface area (Å²) in [6.07, 6.45) is 9.25. The van der Waals surface area contributed by atoms with Crippen molar-refractivity contribution in [1.82, 2.24) is 0 Å². The van der Waals surface area contributed by atoms with Gasteiger partial charge in [-0.05, 0) is 93.9 Å². The molecule has 2 aliphatic carbocycles. The molecule has 0 radical (unpaired) electrons. The number of hydrogen-bond acceptors (Lipinski definition) is 2. The zero-order chi connectivity index (χ0) is 26.1. The molecular formula is C34H42O2. The maximum absolute atomic E-state index is 12.5. The minimum absolute atomic E-state index is 0.227. The molecule has 190 valence electrons. The summed E-state index contributed by atoms with van der Waals surface area (Å²) in [5.74, 6) is 1.71. The topological polar surface area (TPSA) is 34.1 Å². The monoisotopic (exact) mass is 482 g/mol. The van der Waals surface area contributed by atoms with Gasteiger partial charge in [-0.25, -0.2) is 0 Å². The Hall–Kier alpha value is -2.74. The van der Waals surface area contributed by atoms with Gasteiger partial charge >= 0.3 is 0 Å². The van der Waals surface area contributed by atoms with Gasteiger partial charge in [0.25, 0.3) is 0 Å². The Morgan fingerprint density at radius 1 is 0.583 bits per heavy atom. The van der Waals surface area contributed by atoms with E-state index >= 15 is 0 Å². The van der Waals surface area contributed by atoms with Crippen LogP contribution in [0.4, 0.5) is 0 Å². The number of hydrogen-bond donors (Lipinski definition) is 0. The van der Waals surface area contributed by atoms with Crippen LogP contribution in [0.15, 0.2) is 59.7 Å². The second-order valence-electron chi connectivity index (χ2n) is 13.0. The van der Waals surface area contributed by atoms with Crippen LogP contribution in [0.5, 0.6) is 0 Å². The summed E-state index contributed by atoms with van der Waals surface area (Å²) in [5.41, 5.74) is 6.87. The number of allylic oxidation sites excluding steroid dienone is 2. The number of rotatable bonds is 3. The molecule has 0 N–H and O–H groups in total. The van der Waals surface area contributed by atoms with Crippen LogP contribution in [0.2, 0.25) is 0 Å². The first-order valence-electron chi connectivity index (χ1n) is 13.6. The number of carbonyl (C=O) groups excluding carboxylic acids is 2. The van der Waals surface area contributed by atoms with Crippen LogP contribution < -0.4 is 0 Å². The molecule has 2 atom stereocenters. The van der Waals surface area contributed by atoms with E-state index in [2.05, 4.69) is 102 Å². The summed E-state index contributed by atoms with van der Waals surface area (Å²) in [7, 11) is 0. The Labute approximate surface area is 217 Å². The molecule has 0 spiro atoms. The molecule has 2 saturated carbocycles. The Morgan fingerprint density at radius 3 is 1.22 bits per heavy atom. The van der Waals surface area contributed by atoms with Gasteiger partial charge in [0.15, 0.2) is 11.6 Å². The van der Waals surface area contributed by atoms with E-state index in [1.165, 1.54) is 0 Å². The quantitative estimate of drug-likeness (QED) is 0.409. The Balaban J connectivity index is 1.47. The van der Waals surface area contributed by atoms with Gasteiger partial charge < -0.3 is 0 Å². The Bertz CT molecular complexity index is 1070. The van der Waals surface area contributed by atoms with Gasteiger partial charge in [-0.3, -0.25) is 9.59 Å². The third-order valence-corrected chi connectivity index (χ3v) is 8.37. The average molecular weight is 483 g/mol. The third kappa shape index (κ3) is 6.33. The minimum Gasteiger partial charge on any atom is -0.295 e. The summed E-state index contributed by atoms with van der Waals surface area (Å²) in [4.78, 5) is 25.1. The highest BCUT2D eigenvalue weighted by Gasteiger charge is 2.32. The fourth-order valence-corrected chi connectivity index (χ4v) is 5.60. The summed E-state index contributed by atoms with van der Waals surface area (Å²) < 4.78 is 0. The highest BCUT2D eigenvalue weighted by molar-refractivity contribution is 6.01. The van der Waals surface area contributed by atoms with Crippen molar-refractivity contribution in [2.75, 3.05) is 0 Å². The fraction of sp³-hybridized carbons (Fsp3) is 0.471. The molecule has 2 aliphatic rings. The molecular weight excluding hydrogens is 440 g/mol. The molecule has 0 aromatic heterocycles. The molecule has 2 fully saturated rings. The molecule has 0 heterocycles. The molecule has 0 aliphatic heterocycles. The fourth-order valence-electron chi connectivity index (χ4n) is 5.60. The first kappa shape index (κ1) is 26.3. The van der Waals surface area contributed by atoms with E-state index in [1.807, 2.05) is 0 Å². The molecule has 36 heavy (non-hydrogen) atoms. The third-order valence-electron chi connectivity index (χ3n) is 8.37. The van der Waals surface area contributed by atoms with Crippen molar-refractivity contribution >= 4 is 23.7 Å². The zero-order valence-corrected chi connectivity index (χ0v) is 23.0. The molecule has 2 aromatic rings. The van der Waals surface area contributed by atoms with E-state index in [1.54, 1.807) is 0 Å². The lowest BCUT2D eigenvalue weighted by molar-refractivity contribution is -0.118. The maximum atomic E-state index is 12.5. The highest BCUT2D eigenvalue weighted by Crippen LogP contribution is 2.40. The normalized spacial score (nSPS) is 23.9. The number of ketones is 2. The molecule has 2 heteroatoms. The summed E-state index contributed by atoms with van der Waals surface area (Å²) in [6.45, 7) is 13.7. The van der Waals surface area contributed by atoms with E-state index in [-0.39, 0.29) is 10.8 Å². The van der Waals surface area contributed by atoms with Crippen LogP contribution in [0.3, 0.4) is 0 Å². The van der Waals surface area contributed by atoms with Gasteiger partial charge in [-0.2, -0.15) is 0 Å². The van der Waals surface area contributed by atoms with Crippen molar-refractivity contribution in [2.45, 2.75) is 80.1 Å². The van der Waals surface area contributed by atoms with Gasteiger partial charge in [0.1, 0.15) is 0 Å². The van der Waals surface area contributed by atoms with Crippen molar-refractivity contribution in [3.63, 3.8) is 0 Å². The van der Waals surface area contributed by atoms with Crippen molar-refractivity contribution in [1.29, 1.82) is 0 Å². The Kier molecular flexibility index (Phi) is 7.55. The van der Waals surface area contributed by atoms with Crippen molar-refractivity contribution in [3.8, 4) is 11.1 Å². The van der Waals surface area contributed by atoms with Crippen LogP contribution in [0.1, 0.15) is 91.2 Å². The van der Waals surface area contributed by atoms with Gasteiger partial charge in [-0.15, -0.1) is 0 Å². The second-order valence-corrected chi connectivity index (χ2v) is 13.0. The van der Waals surface area contributed by atoms with Crippen LogP contribution in [0, 0.1) is 22.7 Å². The van der Waals surface area contributed by atoms with Crippen LogP contribution in [-0.2, 0) is 9.59 Å². The number of Topliss-reactive ketones (excluding diaryl/α,β-unsaturated/α-hetero) is 2. The molecule has 2 unspecified atom stereocenters. The van der Waals surface area contributed by atoms with Crippen LogP contribution in [0.25, 0.3) is 23.3 Å². The molecule has 0 amide bonds. The minimum atomic E-state index is 0.227. The SMILES string of the molecule is CC(C)(C)C1CCC(=O)C(=Cc2ccc(-c3ccc(C=C4CC(C(C)(C)C)CCC4=O)cc3)cc2)C1. The van der Waals surface area contributed by atoms with Gasteiger partial charge in [0, 0.05) is 12.8 Å². The number of benzene rings is 2. The van der Waals surface area contributed by atoms with E-state index in [0.717, 1.165) is 59.1 Å². The lowest BCUT2D eigenvalue weighted by Crippen LogP contribution is -2.27. The molecule has 4 rings (SSSR count). The highest BCUT2D eigenvalue weighted by atomic mass is 16.1. The van der Waals surface area contributed by atoms with Crippen LogP contribution >= 0.6 is 0 Å². The molecule has 2 aromatic carbocycles. The summed E-state index contributed by atoms with van der Waals surface area (Å²) >= 11 is 0. The van der Waals surface area contributed by atoms with E-state index in [4.69, 9.17) is 0 Å². The largest absolute Gasteiger partial charge is 0.295 e. The molecule has 0 bridgehead atoms. The second kappa shape index (κ2) is 10.3. The van der Waals surface area contributed by atoms with E-state index < -0.39 is 0 Å². The lowest BCUT2D eigenvalue weighted by Gasteiger charge is -2.34. The smallest absolute Gasteiger partial charge is 0.158 e. The first-order valence-corrected chi connectivity index (χ1v) is 13.6. The maximum Gasteiger partial charge on any atom is 0.158 e. The van der Waals surface area contributed by atoms with Gasteiger partial charge in [-0.1, -0.05) is 90.1 Å². The summed E-state index contributed by atoms with van der Waals surface area (Å²) in [5, 5.41) is 0. The Morgan fingerprint density at radius 2 is 0.917 bits per heavy atom. The predicted octanol–water partition coefficient (Wildman–Crippen LogP) is 8.95. The first-order chi connectivity index (χ1) is 16.9. The van der Waals surface area contributed by atoms with Crippen molar-refractivity contribution < 1.29 is 9.59 Å². The zero-order valence-electron chi connectivity index (χ0n) is 23.0. The standard InChI is InChI=1S/C34H42O2/c1-33(2,3)29-15-17-31(35)27(21-29)19-23-7-11-25(12-8-23)26-13-9-24(10-14-26)20-28-22-30(34(4,5)6)16-18-32(28)36/h7-14,19-20,29-30H,15-18,21-22H2,1-6H3. The van der Waals surface area contributed by atoms with Gasteiger partial charge in [0.2, 0.25) is 0 Å². The van der Waals surface area contributed by atoms with E-state index in [0.29, 0.717) is 36.2 Å². The van der Waals surface area contributed by atoms with Crippen molar-refractivity contribution in [2.24, 2.45) is 22.7 Å². The van der Waals surface area contributed by atoms with Gasteiger partial charge in [0.05, 0.1) is 0 Å². The summed E-state index contributed by atoms with van der Waals surface area (Å²) in [6, 6.07) is 17.0. The van der Waals surface area contributed by atoms with Crippen molar-refractivity contribution in [3.05, 3.63) is 70.8 Å². The molecule has 0 saturated heterocycles. The number of carbonyl (C=O) groups is 2. The van der Waals surface area contributed by atoms with E-state index in [9.17, 15) is 9.59 Å². The lowest BCUT2D eigenvalue weighted by atomic mass is 9.70. The average Bonchev–Trinajstić information content (AvgIpc) is 2.81. The molecule has 2 nitrogen and oxygen atoms in total. The van der Waals surface area contributed by atoms with Crippen LogP contribution in [-0.4, -0.2) is 11.6 Å². The predicted molar refractivity (Wildman–Crippen MR) is 151 cm³/mol.